The van der Waals surface area contributed by atoms with Crippen LogP contribution in [-0.4, -0.2) is 31.9 Å². The van der Waals surface area contributed by atoms with Gasteiger partial charge in [0.15, 0.2) is 9.84 Å². The average Bonchev–Trinajstić information content (AvgIpc) is 2.38. The lowest BCUT2D eigenvalue weighted by Crippen LogP contribution is -2.26. The van der Waals surface area contributed by atoms with Crippen LogP contribution in [0, 0.1) is 5.92 Å². The van der Waals surface area contributed by atoms with Crippen LogP contribution in [0.3, 0.4) is 0 Å². The molecule has 18 heavy (non-hydrogen) atoms. The Morgan fingerprint density at radius 2 is 1.78 bits per heavy atom. The maximum absolute atomic E-state index is 11.6. The summed E-state index contributed by atoms with van der Waals surface area (Å²) in [5, 5.41) is 12.3. The van der Waals surface area contributed by atoms with Gasteiger partial charge in [-0.25, -0.2) is 8.42 Å². The van der Waals surface area contributed by atoms with Gasteiger partial charge in [-0.1, -0.05) is 13.8 Å². The van der Waals surface area contributed by atoms with Crippen LogP contribution in [0.15, 0.2) is 29.2 Å². The summed E-state index contributed by atoms with van der Waals surface area (Å²) in [6.07, 6.45) is 0. The minimum Gasteiger partial charge on any atom is -0.396 e. The third-order valence-electron chi connectivity index (χ3n) is 3.13. The van der Waals surface area contributed by atoms with Crippen LogP contribution in [0.2, 0.25) is 0 Å². The number of aliphatic hydroxyl groups excluding tert-OH is 1. The molecule has 0 saturated carbocycles. The second-order valence-corrected chi connectivity index (χ2v) is 6.80. The van der Waals surface area contributed by atoms with E-state index in [9.17, 15) is 8.42 Å². The van der Waals surface area contributed by atoms with E-state index in [2.05, 4.69) is 5.32 Å². The maximum Gasteiger partial charge on any atom is 0.178 e. The Labute approximate surface area is 109 Å². The number of benzene rings is 1. The van der Waals surface area contributed by atoms with Gasteiger partial charge in [0, 0.05) is 18.3 Å². The molecule has 0 amide bonds. The van der Waals surface area contributed by atoms with Gasteiger partial charge in [-0.05, 0) is 37.1 Å². The number of sulfone groups is 1. The van der Waals surface area contributed by atoms with Crippen LogP contribution in [0.5, 0.6) is 0 Å². The van der Waals surface area contributed by atoms with Crippen LogP contribution < -0.4 is 5.32 Å². The summed E-state index contributed by atoms with van der Waals surface area (Å²) in [6, 6.07) is 6.85. The number of anilines is 1. The fourth-order valence-electron chi connectivity index (χ4n) is 1.49. The summed E-state index contributed by atoms with van der Waals surface area (Å²) < 4.78 is 23.3. The van der Waals surface area contributed by atoms with Gasteiger partial charge in [0.2, 0.25) is 0 Å². The fourth-order valence-corrected chi connectivity index (χ4v) is 2.37. The molecule has 2 atom stereocenters. The van der Waals surface area contributed by atoms with Gasteiger partial charge in [-0.2, -0.15) is 0 Å². The zero-order chi connectivity index (χ0) is 13.8. The molecule has 2 N–H and O–H groups in total. The summed E-state index contributed by atoms with van der Waals surface area (Å²) in [4.78, 5) is 0.346. The first-order chi connectivity index (χ1) is 8.40. The quantitative estimate of drug-likeness (QED) is 0.829. The van der Waals surface area contributed by atoms with E-state index in [1.165, 1.54) is 0 Å². The first-order valence-corrected chi connectivity index (χ1v) is 7.76. The molecule has 0 fully saturated rings. The lowest BCUT2D eigenvalue weighted by Gasteiger charge is -2.20. The Morgan fingerprint density at radius 3 is 2.22 bits per heavy atom. The van der Waals surface area contributed by atoms with E-state index in [4.69, 9.17) is 5.11 Å². The molecule has 0 radical (unpaired) electrons. The van der Waals surface area contributed by atoms with E-state index in [0.717, 1.165) is 5.69 Å². The number of hydrogen-bond acceptors (Lipinski definition) is 4. The van der Waals surface area contributed by atoms with Crippen LogP contribution in [0.1, 0.15) is 20.8 Å². The van der Waals surface area contributed by atoms with E-state index < -0.39 is 9.84 Å². The number of aliphatic hydroxyl groups is 1. The smallest absolute Gasteiger partial charge is 0.178 e. The standard InChI is InChI=1S/C13H21NO3S/c1-4-18(16,17)13-7-5-12(6-8-13)14-11(3)10(2)9-15/h5-8,10-11,14-15H,4,9H2,1-3H3. The summed E-state index contributed by atoms with van der Waals surface area (Å²) in [5.74, 6) is 0.251. The van der Waals surface area contributed by atoms with E-state index in [1.54, 1.807) is 31.2 Å². The molecule has 1 aromatic carbocycles. The summed E-state index contributed by atoms with van der Waals surface area (Å²) in [7, 11) is -3.13. The lowest BCUT2D eigenvalue weighted by molar-refractivity contribution is 0.226. The van der Waals surface area contributed by atoms with Crippen LogP contribution in [0.4, 0.5) is 5.69 Å². The van der Waals surface area contributed by atoms with Crippen molar-refractivity contribution in [3.05, 3.63) is 24.3 Å². The van der Waals surface area contributed by atoms with Crippen LogP contribution >= 0.6 is 0 Å². The highest BCUT2D eigenvalue weighted by atomic mass is 32.2. The third kappa shape index (κ3) is 3.71. The first kappa shape index (κ1) is 15.0. The molecule has 0 aliphatic carbocycles. The molecule has 0 aliphatic heterocycles. The number of hydrogen-bond donors (Lipinski definition) is 2. The Kier molecular flexibility index (Phi) is 5.16. The molecule has 0 saturated heterocycles. The maximum atomic E-state index is 11.6. The molecule has 4 nitrogen and oxygen atoms in total. The third-order valence-corrected chi connectivity index (χ3v) is 4.88. The number of rotatable bonds is 6. The molecule has 1 rings (SSSR count). The van der Waals surface area contributed by atoms with E-state index >= 15 is 0 Å². The molecule has 1 aromatic rings. The van der Waals surface area contributed by atoms with Crippen molar-refractivity contribution >= 4 is 15.5 Å². The molecule has 0 aromatic heterocycles. The molecule has 102 valence electrons. The molecule has 0 spiro atoms. The van der Waals surface area contributed by atoms with Crippen molar-refractivity contribution < 1.29 is 13.5 Å². The van der Waals surface area contributed by atoms with Gasteiger partial charge in [0.1, 0.15) is 0 Å². The number of nitrogens with one attached hydrogen (secondary N) is 1. The lowest BCUT2D eigenvalue weighted by atomic mass is 10.1. The summed E-state index contributed by atoms with van der Waals surface area (Å²) >= 11 is 0. The highest BCUT2D eigenvalue weighted by Crippen LogP contribution is 2.17. The topological polar surface area (TPSA) is 66.4 Å². The Morgan fingerprint density at radius 1 is 1.22 bits per heavy atom. The van der Waals surface area contributed by atoms with Crippen molar-refractivity contribution in [1.82, 2.24) is 0 Å². The van der Waals surface area contributed by atoms with Crippen molar-refractivity contribution in [2.45, 2.75) is 31.7 Å². The van der Waals surface area contributed by atoms with E-state index in [-0.39, 0.29) is 24.3 Å². The van der Waals surface area contributed by atoms with Crippen molar-refractivity contribution in [2.24, 2.45) is 5.92 Å². The second kappa shape index (κ2) is 6.20. The molecular formula is C13H21NO3S. The van der Waals surface area contributed by atoms with Crippen molar-refractivity contribution in [3.63, 3.8) is 0 Å². The fraction of sp³-hybridized carbons (Fsp3) is 0.538. The Bertz CT molecular complexity index is 468. The van der Waals surface area contributed by atoms with Gasteiger partial charge >= 0.3 is 0 Å². The van der Waals surface area contributed by atoms with E-state index in [1.807, 2.05) is 13.8 Å². The summed E-state index contributed by atoms with van der Waals surface area (Å²) in [6.45, 7) is 5.69. The first-order valence-electron chi connectivity index (χ1n) is 6.11. The monoisotopic (exact) mass is 271 g/mol. The van der Waals surface area contributed by atoms with Gasteiger partial charge in [0.05, 0.1) is 10.6 Å². The largest absolute Gasteiger partial charge is 0.396 e. The van der Waals surface area contributed by atoms with Crippen LogP contribution in [-0.2, 0) is 9.84 Å². The molecule has 5 heteroatoms. The Balaban J connectivity index is 2.78. The SMILES string of the molecule is CCS(=O)(=O)c1ccc(NC(C)C(C)CO)cc1. The molecule has 0 bridgehead atoms. The van der Waals surface area contributed by atoms with Gasteiger partial charge < -0.3 is 10.4 Å². The highest BCUT2D eigenvalue weighted by molar-refractivity contribution is 7.91. The highest BCUT2D eigenvalue weighted by Gasteiger charge is 2.13. The second-order valence-electron chi connectivity index (χ2n) is 4.52. The molecule has 0 heterocycles. The molecular weight excluding hydrogens is 250 g/mol. The van der Waals surface area contributed by atoms with Crippen molar-refractivity contribution in [3.8, 4) is 0 Å². The zero-order valence-corrected chi connectivity index (χ0v) is 11.9. The predicted octanol–water partition coefficient (Wildman–Crippen LogP) is 1.91. The minimum atomic E-state index is -3.13. The normalized spacial score (nSPS) is 15.1. The predicted molar refractivity (Wildman–Crippen MR) is 73.5 cm³/mol. The van der Waals surface area contributed by atoms with Crippen molar-refractivity contribution in [1.29, 1.82) is 0 Å². The van der Waals surface area contributed by atoms with Gasteiger partial charge in [0.25, 0.3) is 0 Å². The van der Waals surface area contributed by atoms with Gasteiger partial charge in [-0.3, -0.25) is 0 Å². The average molecular weight is 271 g/mol. The van der Waals surface area contributed by atoms with E-state index in [0.29, 0.717) is 4.90 Å². The van der Waals surface area contributed by atoms with Gasteiger partial charge in [-0.15, -0.1) is 0 Å². The minimum absolute atomic E-state index is 0.109. The van der Waals surface area contributed by atoms with Crippen molar-refractivity contribution in [2.75, 3.05) is 17.7 Å². The summed E-state index contributed by atoms with van der Waals surface area (Å²) in [5.41, 5.74) is 0.859. The van der Waals surface area contributed by atoms with Crippen LogP contribution in [0.25, 0.3) is 0 Å². The Hall–Kier alpha value is -1.07. The zero-order valence-electron chi connectivity index (χ0n) is 11.1. The molecule has 0 aliphatic rings. The molecule has 2 unspecified atom stereocenters.